The maximum absolute atomic E-state index is 5.73. The quantitative estimate of drug-likeness (QED) is 0.664. The summed E-state index contributed by atoms with van der Waals surface area (Å²) in [5, 5.41) is 0. The summed E-state index contributed by atoms with van der Waals surface area (Å²) in [5.74, 6) is -0.285. The van der Waals surface area contributed by atoms with Gasteiger partial charge in [0.05, 0.1) is 19.8 Å². The Morgan fingerprint density at radius 1 is 1.40 bits per heavy atom. The summed E-state index contributed by atoms with van der Waals surface area (Å²) in [6.45, 7) is 10.8. The van der Waals surface area contributed by atoms with Gasteiger partial charge in [-0.2, -0.15) is 0 Å². The van der Waals surface area contributed by atoms with E-state index in [4.69, 9.17) is 9.47 Å². The third-order valence-corrected chi connectivity index (χ3v) is 3.26. The zero-order chi connectivity index (χ0) is 10.7. The molecule has 0 saturated carbocycles. The maximum Gasteiger partial charge on any atom is 0.181 e. The summed E-state index contributed by atoms with van der Waals surface area (Å²) in [4.78, 5) is 2.40. The van der Waals surface area contributed by atoms with Gasteiger partial charge in [-0.1, -0.05) is 19.1 Å². The van der Waals surface area contributed by atoms with Crippen molar-refractivity contribution in [1.29, 1.82) is 0 Å². The monoisotopic (exact) mass is 211 g/mol. The van der Waals surface area contributed by atoms with E-state index in [1.54, 1.807) is 0 Å². The van der Waals surface area contributed by atoms with E-state index in [-0.39, 0.29) is 5.79 Å². The third kappa shape index (κ3) is 2.60. The minimum atomic E-state index is -0.285. The molecule has 15 heavy (non-hydrogen) atoms. The van der Waals surface area contributed by atoms with Crippen molar-refractivity contribution < 1.29 is 9.47 Å². The summed E-state index contributed by atoms with van der Waals surface area (Å²) in [7, 11) is 0. The molecule has 1 spiro atoms. The highest BCUT2D eigenvalue weighted by molar-refractivity contribution is 4.98. The largest absolute Gasteiger partial charge is 0.346 e. The van der Waals surface area contributed by atoms with Crippen LogP contribution in [-0.2, 0) is 9.47 Å². The van der Waals surface area contributed by atoms with Crippen LogP contribution in [0.25, 0.3) is 0 Å². The van der Waals surface area contributed by atoms with Crippen LogP contribution in [0.5, 0.6) is 0 Å². The molecule has 2 aliphatic rings. The zero-order valence-electron chi connectivity index (χ0n) is 9.63. The minimum absolute atomic E-state index is 0.285. The Morgan fingerprint density at radius 3 is 2.80 bits per heavy atom. The van der Waals surface area contributed by atoms with E-state index in [0.717, 1.165) is 52.1 Å². The summed E-state index contributed by atoms with van der Waals surface area (Å²) in [6.07, 6.45) is 3.27. The molecule has 0 aliphatic carbocycles. The standard InChI is InChI=1S/C12H21NO2/c1-3-11(2)9-13-6-4-5-12(10-13)14-7-8-15-12/h2-10H2,1H3. The second-order valence-corrected chi connectivity index (χ2v) is 4.53. The van der Waals surface area contributed by atoms with Crippen molar-refractivity contribution in [1.82, 2.24) is 4.90 Å². The van der Waals surface area contributed by atoms with Gasteiger partial charge >= 0.3 is 0 Å². The van der Waals surface area contributed by atoms with E-state index < -0.39 is 0 Å². The molecule has 2 heterocycles. The average molecular weight is 211 g/mol. The molecule has 0 amide bonds. The van der Waals surface area contributed by atoms with Gasteiger partial charge in [-0.15, -0.1) is 0 Å². The second kappa shape index (κ2) is 4.64. The van der Waals surface area contributed by atoms with Gasteiger partial charge in [-0.25, -0.2) is 0 Å². The molecule has 2 saturated heterocycles. The van der Waals surface area contributed by atoms with Crippen LogP contribution in [-0.4, -0.2) is 43.5 Å². The van der Waals surface area contributed by atoms with Gasteiger partial charge in [0.1, 0.15) is 0 Å². The van der Waals surface area contributed by atoms with Crippen LogP contribution in [0, 0.1) is 0 Å². The Bertz CT molecular complexity index is 234. The highest BCUT2D eigenvalue weighted by Gasteiger charge is 2.40. The van der Waals surface area contributed by atoms with Gasteiger partial charge in [0.25, 0.3) is 0 Å². The topological polar surface area (TPSA) is 21.7 Å². The molecule has 2 aliphatic heterocycles. The predicted octanol–water partition coefficient (Wildman–Crippen LogP) is 1.79. The molecular formula is C12H21NO2. The molecule has 2 rings (SSSR count). The highest BCUT2D eigenvalue weighted by Crippen LogP contribution is 2.30. The van der Waals surface area contributed by atoms with Crippen LogP contribution in [0.15, 0.2) is 12.2 Å². The van der Waals surface area contributed by atoms with Crippen molar-refractivity contribution >= 4 is 0 Å². The number of piperidine rings is 1. The number of rotatable bonds is 3. The predicted molar refractivity (Wildman–Crippen MR) is 59.7 cm³/mol. The molecule has 0 radical (unpaired) electrons. The van der Waals surface area contributed by atoms with Gasteiger partial charge < -0.3 is 9.47 Å². The van der Waals surface area contributed by atoms with Crippen LogP contribution in [0.4, 0.5) is 0 Å². The van der Waals surface area contributed by atoms with Crippen molar-refractivity contribution in [3.63, 3.8) is 0 Å². The average Bonchev–Trinajstić information content (AvgIpc) is 2.66. The summed E-state index contributed by atoms with van der Waals surface area (Å²) >= 11 is 0. The van der Waals surface area contributed by atoms with Crippen molar-refractivity contribution in [2.24, 2.45) is 0 Å². The molecule has 0 N–H and O–H groups in total. The van der Waals surface area contributed by atoms with E-state index in [1.165, 1.54) is 5.57 Å². The van der Waals surface area contributed by atoms with Gasteiger partial charge in [0.2, 0.25) is 0 Å². The smallest absolute Gasteiger partial charge is 0.181 e. The van der Waals surface area contributed by atoms with Crippen LogP contribution in [0.3, 0.4) is 0 Å². The van der Waals surface area contributed by atoms with Gasteiger partial charge in [-0.3, -0.25) is 4.90 Å². The lowest BCUT2D eigenvalue weighted by Crippen LogP contribution is -2.49. The van der Waals surface area contributed by atoms with E-state index in [0.29, 0.717) is 0 Å². The molecule has 3 nitrogen and oxygen atoms in total. The number of nitrogens with zero attached hydrogens (tertiary/aromatic N) is 1. The first-order valence-corrected chi connectivity index (χ1v) is 5.91. The fraction of sp³-hybridized carbons (Fsp3) is 0.833. The molecule has 0 atom stereocenters. The van der Waals surface area contributed by atoms with Crippen molar-refractivity contribution in [3.05, 3.63) is 12.2 Å². The summed E-state index contributed by atoms with van der Waals surface area (Å²) in [6, 6.07) is 0. The highest BCUT2D eigenvalue weighted by atomic mass is 16.7. The number of likely N-dealkylation sites (tertiary alicyclic amines) is 1. The van der Waals surface area contributed by atoms with Gasteiger partial charge in [0, 0.05) is 13.0 Å². The van der Waals surface area contributed by atoms with Crippen LogP contribution in [0.2, 0.25) is 0 Å². The molecule has 0 aromatic rings. The Kier molecular flexibility index (Phi) is 3.44. The van der Waals surface area contributed by atoms with Gasteiger partial charge in [0.15, 0.2) is 5.79 Å². The fourth-order valence-electron chi connectivity index (χ4n) is 2.37. The Hall–Kier alpha value is -0.380. The first kappa shape index (κ1) is 11.1. The molecule has 3 heteroatoms. The Labute approximate surface area is 92.0 Å². The number of hydrogen-bond donors (Lipinski definition) is 0. The molecule has 0 unspecified atom stereocenters. The van der Waals surface area contributed by atoms with E-state index in [1.807, 2.05) is 0 Å². The lowest BCUT2D eigenvalue weighted by Gasteiger charge is -2.38. The van der Waals surface area contributed by atoms with E-state index in [2.05, 4.69) is 18.4 Å². The number of hydrogen-bond acceptors (Lipinski definition) is 3. The zero-order valence-corrected chi connectivity index (χ0v) is 9.63. The Balaban J connectivity index is 1.89. The SMILES string of the molecule is C=C(CC)CN1CCCC2(C1)OCCO2. The summed E-state index contributed by atoms with van der Waals surface area (Å²) in [5.41, 5.74) is 1.30. The second-order valence-electron chi connectivity index (χ2n) is 4.53. The maximum atomic E-state index is 5.73. The van der Waals surface area contributed by atoms with E-state index in [9.17, 15) is 0 Å². The molecule has 0 aromatic heterocycles. The summed E-state index contributed by atoms with van der Waals surface area (Å²) < 4.78 is 11.5. The first-order valence-electron chi connectivity index (χ1n) is 5.91. The normalized spacial score (nSPS) is 25.9. The molecule has 0 bridgehead atoms. The molecule has 86 valence electrons. The van der Waals surface area contributed by atoms with Crippen molar-refractivity contribution in [3.8, 4) is 0 Å². The molecular weight excluding hydrogens is 190 g/mol. The third-order valence-electron chi connectivity index (χ3n) is 3.26. The fourth-order valence-corrected chi connectivity index (χ4v) is 2.37. The van der Waals surface area contributed by atoms with Crippen LogP contribution in [0.1, 0.15) is 26.2 Å². The van der Waals surface area contributed by atoms with Crippen LogP contribution >= 0.6 is 0 Å². The molecule has 0 aromatic carbocycles. The number of ether oxygens (including phenoxy) is 2. The lowest BCUT2D eigenvalue weighted by atomic mass is 10.0. The van der Waals surface area contributed by atoms with Crippen molar-refractivity contribution in [2.45, 2.75) is 32.0 Å². The first-order chi connectivity index (χ1) is 7.24. The van der Waals surface area contributed by atoms with Crippen LogP contribution < -0.4 is 0 Å². The van der Waals surface area contributed by atoms with Gasteiger partial charge in [-0.05, 0) is 19.4 Å². The molecule has 2 fully saturated rings. The van der Waals surface area contributed by atoms with E-state index >= 15 is 0 Å². The van der Waals surface area contributed by atoms with Crippen molar-refractivity contribution in [2.75, 3.05) is 32.8 Å². The lowest BCUT2D eigenvalue weighted by molar-refractivity contribution is -0.188. The Morgan fingerprint density at radius 2 is 2.13 bits per heavy atom. The minimum Gasteiger partial charge on any atom is -0.346 e.